The Labute approximate surface area is 166 Å². The molecule has 0 saturated carbocycles. The van der Waals surface area contributed by atoms with Gasteiger partial charge in [-0.05, 0) is 30.2 Å². The highest BCUT2D eigenvalue weighted by atomic mass is 127. The molecule has 0 heterocycles. The van der Waals surface area contributed by atoms with Gasteiger partial charge in [0.15, 0.2) is 5.96 Å². The molecule has 0 fully saturated rings. The van der Waals surface area contributed by atoms with Gasteiger partial charge in [-0.2, -0.15) is 0 Å². The van der Waals surface area contributed by atoms with E-state index in [4.69, 9.17) is 9.47 Å². The summed E-state index contributed by atoms with van der Waals surface area (Å²) in [6.45, 7) is 3.45. The maximum Gasteiger partial charge on any atom is 0.191 e. The minimum Gasteiger partial charge on any atom is -0.497 e. The van der Waals surface area contributed by atoms with E-state index in [9.17, 15) is 0 Å². The van der Waals surface area contributed by atoms with E-state index in [0.717, 1.165) is 29.6 Å². The van der Waals surface area contributed by atoms with Crippen molar-refractivity contribution in [2.24, 2.45) is 4.99 Å². The molecule has 0 aliphatic rings. The normalized spacial score (nSPS) is 10.6. The second kappa shape index (κ2) is 10.8. The Morgan fingerprint density at radius 3 is 2.24 bits per heavy atom. The molecule has 0 aromatic heterocycles. The molecule has 2 aromatic rings. The summed E-state index contributed by atoms with van der Waals surface area (Å²) < 4.78 is 10.6. The highest BCUT2D eigenvalue weighted by molar-refractivity contribution is 14.0. The minimum absolute atomic E-state index is 0. The minimum atomic E-state index is 0. The predicted molar refractivity (Wildman–Crippen MR) is 113 cm³/mol. The fourth-order valence-corrected chi connectivity index (χ4v) is 2.38. The van der Waals surface area contributed by atoms with Gasteiger partial charge in [0.1, 0.15) is 11.5 Å². The number of aliphatic imine (C=N–C) groups is 1. The smallest absolute Gasteiger partial charge is 0.191 e. The van der Waals surface area contributed by atoms with Gasteiger partial charge in [0.05, 0.1) is 14.2 Å². The highest BCUT2D eigenvalue weighted by Gasteiger charge is 2.06. The van der Waals surface area contributed by atoms with Crippen LogP contribution in [-0.4, -0.2) is 27.2 Å². The maximum absolute atomic E-state index is 5.42. The second-order valence-electron chi connectivity index (χ2n) is 5.38. The Bertz CT molecular complexity index is 705. The Balaban J connectivity index is 0.00000312. The number of nitrogens with one attached hydrogen (secondary N) is 2. The summed E-state index contributed by atoms with van der Waals surface area (Å²) in [7, 11) is 5.06. The molecule has 6 heteroatoms. The summed E-state index contributed by atoms with van der Waals surface area (Å²) in [5.41, 5.74) is 3.55. The van der Waals surface area contributed by atoms with E-state index in [-0.39, 0.29) is 24.0 Å². The van der Waals surface area contributed by atoms with Crippen LogP contribution in [0.1, 0.15) is 16.7 Å². The van der Waals surface area contributed by atoms with Gasteiger partial charge in [-0.25, -0.2) is 0 Å². The number of halogens is 1. The molecule has 0 spiro atoms. The van der Waals surface area contributed by atoms with Gasteiger partial charge in [0.2, 0.25) is 0 Å². The first-order valence-corrected chi connectivity index (χ1v) is 7.88. The van der Waals surface area contributed by atoms with Crippen molar-refractivity contribution in [1.29, 1.82) is 0 Å². The van der Waals surface area contributed by atoms with E-state index in [1.165, 1.54) is 11.1 Å². The SMILES string of the molecule is CN=C(NCc1ccccc1C)NCc1ccc(OC)cc1OC.I. The predicted octanol–water partition coefficient (Wildman–Crippen LogP) is 3.50. The van der Waals surface area contributed by atoms with Crippen LogP contribution >= 0.6 is 24.0 Å². The molecule has 2 rings (SSSR count). The van der Waals surface area contributed by atoms with Gasteiger partial charge in [-0.1, -0.05) is 24.3 Å². The van der Waals surface area contributed by atoms with Crippen molar-refractivity contribution in [3.05, 3.63) is 59.2 Å². The molecule has 0 saturated heterocycles. The summed E-state index contributed by atoms with van der Waals surface area (Å²) in [4.78, 5) is 4.27. The first-order valence-electron chi connectivity index (χ1n) is 7.88. The van der Waals surface area contributed by atoms with Crippen LogP contribution in [0.3, 0.4) is 0 Å². The van der Waals surface area contributed by atoms with Crippen molar-refractivity contribution in [2.75, 3.05) is 21.3 Å². The first-order chi connectivity index (χ1) is 11.7. The number of aryl methyl sites for hydroxylation is 1. The lowest BCUT2D eigenvalue weighted by atomic mass is 10.1. The summed E-state index contributed by atoms with van der Waals surface area (Å²) in [6, 6.07) is 14.1. The van der Waals surface area contributed by atoms with Gasteiger partial charge < -0.3 is 20.1 Å². The molecule has 0 aliphatic carbocycles. The molecular formula is C19H26IN3O2. The van der Waals surface area contributed by atoms with Gasteiger partial charge >= 0.3 is 0 Å². The number of rotatable bonds is 6. The van der Waals surface area contributed by atoms with Crippen LogP contribution in [0.15, 0.2) is 47.5 Å². The lowest BCUT2D eigenvalue weighted by molar-refractivity contribution is 0.390. The number of ether oxygens (including phenoxy) is 2. The summed E-state index contributed by atoms with van der Waals surface area (Å²) in [5, 5.41) is 6.64. The van der Waals surface area contributed by atoms with E-state index in [0.29, 0.717) is 6.54 Å². The van der Waals surface area contributed by atoms with Crippen molar-refractivity contribution in [3.63, 3.8) is 0 Å². The van der Waals surface area contributed by atoms with Crippen LogP contribution in [0.25, 0.3) is 0 Å². The van der Waals surface area contributed by atoms with Crippen LogP contribution in [0.4, 0.5) is 0 Å². The van der Waals surface area contributed by atoms with Gasteiger partial charge in [-0.3, -0.25) is 4.99 Å². The zero-order valence-corrected chi connectivity index (χ0v) is 17.5. The third kappa shape index (κ3) is 6.12. The number of guanidine groups is 1. The molecule has 5 nitrogen and oxygen atoms in total. The van der Waals surface area contributed by atoms with Crippen LogP contribution in [0.2, 0.25) is 0 Å². The molecule has 0 bridgehead atoms. The standard InChI is InChI=1S/C19H25N3O2.HI/c1-14-7-5-6-8-15(14)12-21-19(20-2)22-13-16-9-10-17(23-3)11-18(16)24-4;/h5-11H,12-13H2,1-4H3,(H2,20,21,22);1H. The monoisotopic (exact) mass is 455 g/mol. The largest absolute Gasteiger partial charge is 0.497 e. The molecule has 2 N–H and O–H groups in total. The van der Waals surface area contributed by atoms with Gasteiger partial charge in [0.25, 0.3) is 0 Å². The Morgan fingerprint density at radius 1 is 0.960 bits per heavy atom. The number of nitrogens with zero attached hydrogens (tertiary/aromatic N) is 1. The zero-order valence-electron chi connectivity index (χ0n) is 15.1. The van der Waals surface area contributed by atoms with E-state index >= 15 is 0 Å². The van der Waals surface area contributed by atoms with Crippen molar-refractivity contribution in [2.45, 2.75) is 20.0 Å². The van der Waals surface area contributed by atoms with Crippen molar-refractivity contribution >= 4 is 29.9 Å². The number of hydrogen-bond acceptors (Lipinski definition) is 3. The fourth-order valence-electron chi connectivity index (χ4n) is 2.38. The topological polar surface area (TPSA) is 54.9 Å². The lowest BCUT2D eigenvalue weighted by Crippen LogP contribution is -2.36. The molecule has 0 aliphatic heterocycles. The highest BCUT2D eigenvalue weighted by Crippen LogP contribution is 2.24. The van der Waals surface area contributed by atoms with E-state index in [2.05, 4.69) is 34.7 Å². The van der Waals surface area contributed by atoms with E-state index < -0.39 is 0 Å². The molecule has 136 valence electrons. The molecule has 0 unspecified atom stereocenters. The second-order valence-corrected chi connectivity index (χ2v) is 5.38. The van der Waals surface area contributed by atoms with Crippen LogP contribution < -0.4 is 20.1 Å². The quantitative estimate of drug-likeness (QED) is 0.398. The number of methoxy groups -OCH3 is 2. The van der Waals surface area contributed by atoms with E-state index in [1.54, 1.807) is 21.3 Å². The maximum atomic E-state index is 5.42. The molecule has 0 atom stereocenters. The van der Waals surface area contributed by atoms with Crippen molar-refractivity contribution in [3.8, 4) is 11.5 Å². The molecule has 0 amide bonds. The summed E-state index contributed by atoms with van der Waals surface area (Å²) >= 11 is 0. The van der Waals surface area contributed by atoms with Gasteiger partial charge in [-0.15, -0.1) is 24.0 Å². The average Bonchev–Trinajstić information content (AvgIpc) is 2.63. The van der Waals surface area contributed by atoms with Gasteiger partial charge in [0, 0.05) is 31.8 Å². The van der Waals surface area contributed by atoms with Crippen LogP contribution in [0.5, 0.6) is 11.5 Å². The third-order valence-electron chi connectivity index (χ3n) is 3.87. The van der Waals surface area contributed by atoms with Crippen LogP contribution in [0, 0.1) is 6.92 Å². The molecule has 0 radical (unpaired) electrons. The fraction of sp³-hybridized carbons (Fsp3) is 0.316. The number of hydrogen-bond donors (Lipinski definition) is 2. The summed E-state index contributed by atoms with van der Waals surface area (Å²) in [6.07, 6.45) is 0. The number of benzene rings is 2. The first kappa shape index (κ1) is 21.1. The Morgan fingerprint density at radius 2 is 1.64 bits per heavy atom. The Hall–Kier alpha value is -1.96. The Kier molecular flexibility index (Phi) is 9.12. The lowest BCUT2D eigenvalue weighted by Gasteiger charge is -2.15. The summed E-state index contributed by atoms with van der Waals surface area (Å²) in [5.74, 6) is 2.31. The molecular weight excluding hydrogens is 429 g/mol. The molecule has 25 heavy (non-hydrogen) atoms. The zero-order chi connectivity index (χ0) is 17.4. The van der Waals surface area contributed by atoms with Crippen molar-refractivity contribution in [1.82, 2.24) is 10.6 Å². The third-order valence-corrected chi connectivity index (χ3v) is 3.87. The average molecular weight is 455 g/mol. The van der Waals surface area contributed by atoms with Crippen LogP contribution in [-0.2, 0) is 13.1 Å². The van der Waals surface area contributed by atoms with Crippen molar-refractivity contribution < 1.29 is 9.47 Å². The molecule has 2 aromatic carbocycles. The van der Waals surface area contributed by atoms with E-state index in [1.807, 2.05) is 30.3 Å².